The summed E-state index contributed by atoms with van der Waals surface area (Å²) < 4.78 is 0. The molecular formula is C13H16N4OS. The molecule has 0 radical (unpaired) electrons. The first-order valence-electron chi connectivity index (χ1n) is 6.14. The fourth-order valence-electron chi connectivity index (χ4n) is 1.61. The van der Waals surface area contributed by atoms with Gasteiger partial charge in [0, 0.05) is 12.8 Å². The topological polar surface area (TPSA) is 80.9 Å². The molecule has 0 unspecified atom stereocenters. The van der Waals surface area contributed by atoms with Gasteiger partial charge < -0.3 is 11.1 Å². The van der Waals surface area contributed by atoms with Crippen molar-refractivity contribution in [3.05, 3.63) is 40.9 Å². The summed E-state index contributed by atoms with van der Waals surface area (Å²) in [6.07, 6.45) is 1.86. The molecule has 3 N–H and O–H groups in total. The third kappa shape index (κ3) is 4.42. The van der Waals surface area contributed by atoms with Crippen LogP contribution in [-0.4, -0.2) is 22.6 Å². The van der Waals surface area contributed by atoms with E-state index in [4.69, 9.17) is 5.73 Å². The Morgan fingerprint density at radius 2 is 2.00 bits per heavy atom. The lowest BCUT2D eigenvalue weighted by Gasteiger charge is -2.01. The van der Waals surface area contributed by atoms with Crippen LogP contribution in [0.15, 0.2) is 30.3 Å². The Labute approximate surface area is 115 Å². The van der Waals surface area contributed by atoms with Crippen molar-refractivity contribution in [2.75, 3.05) is 11.9 Å². The number of nitrogens with two attached hydrogens (primary N) is 1. The second-order valence-corrected chi connectivity index (χ2v) is 5.14. The van der Waals surface area contributed by atoms with Crippen molar-refractivity contribution in [2.45, 2.75) is 19.3 Å². The fraction of sp³-hybridized carbons (Fsp3) is 0.308. The minimum atomic E-state index is -0.0423. The van der Waals surface area contributed by atoms with E-state index in [9.17, 15) is 4.79 Å². The van der Waals surface area contributed by atoms with Crippen LogP contribution in [0.25, 0.3) is 0 Å². The van der Waals surface area contributed by atoms with Gasteiger partial charge in [0.05, 0.1) is 0 Å². The van der Waals surface area contributed by atoms with Gasteiger partial charge in [-0.2, -0.15) is 0 Å². The van der Waals surface area contributed by atoms with Crippen molar-refractivity contribution in [1.82, 2.24) is 10.2 Å². The summed E-state index contributed by atoms with van der Waals surface area (Å²) in [5.74, 6) is -0.0423. The minimum absolute atomic E-state index is 0.0423. The number of carbonyl (C=O) groups excluding carboxylic acids is 1. The first kappa shape index (κ1) is 13.6. The summed E-state index contributed by atoms with van der Waals surface area (Å²) in [4.78, 5) is 11.8. The van der Waals surface area contributed by atoms with Crippen LogP contribution in [0.1, 0.15) is 17.0 Å². The molecule has 0 spiro atoms. The fourth-order valence-corrected chi connectivity index (χ4v) is 2.38. The number of rotatable bonds is 6. The predicted octanol–water partition coefficient (Wildman–Crippen LogP) is 1.61. The highest BCUT2D eigenvalue weighted by Gasteiger charge is 2.07. The Morgan fingerprint density at radius 3 is 2.74 bits per heavy atom. The van der Waals surface area contributed by atoms with Crippen LogP contribution in [-0.2, 0) is 17.6 Å². The molecule has 1 aromatic heterocycles. The maximum atomic E-state index is 11.8. The minimum Gasteiger partial charge on any atom is -0.330 e. The van der Waals surface area contributed by atoms with Crippen LogP contribution in [0.2, 0.25) is 0 Å². The van der Waals surface area contributed by atoms with Gasteiger partial charge in [0.25, 0.3) is 0 Å². The normalized spacial score (nSPS) is 10.4. The Bertz CT molecular complexity index is 526. The van der Waals surface area contributed by atoms with E-state index in [1.54, 1.807) is 0 Å². The Morgan fingerprint density at radius 1 is 1.21 bits per heavy atom. The predicted molar refractivity (Wildman–Crippen MR) is 76.1 cm³/mol. The van der Waals surface area contributed by atoms with Crippen LogP contribution in [0, 0.1) is 0 Å². The Balaban J connectivity index is 1.80. The van der Waals surface area contributed by atoms with Crippen LogP contribution in [0.3, 0.4) is 0 Å². The van der Waals surface area contributed by atoms with E-state index in [-0.39, 0.29) is 5.91 Å². The van der Waals surface area contributed by atoms with Gasteiger partial charge in [0.1, 0.15) is 5.01 Å². The summed E-state index contributed by atoms with van der Waals surface area (Å²) in [6.45, 7) is 0.538. The van der Waals surface area contributed by atoms with E-state index < -0.39 is 0 Å². The number of amides is 1. The smallest absolute Gasteiger partial charge is 0.226 e. The maximum Gasteiger partial charge on any atom is 0.226 e. The first-order chi connectivity index (χ1) is 9.28. The average molecular weight is 276 g/mol. The van der Waals surface area contributed by atoms with Crippen molar-refractivity contribution in [3.63, 3.8) is 0 Å². The van der Waals surface area contributed by atoms with Gasteiger partial charge in [-0.25, -0.2) is 0 Å². The van der Waals surface area contributed by atoms with E-state index in [0.717, 1.165) is 17.0 Å². The van der Waals surface area contributed by atoms with Gasteiger partial charge in [-0.05, 0) is 18.5 Å². The molecule has 0 aliphatic rings. The van der Waals surface area contributed by atoms with Crippen LogP contribution >= 0.6 is 11.3 Å². The molecule has 0 aliphatic carbocycles. The summed E-state index contributed by atoms with van der Waals surface area (Å²) in [5.41, 5.74) is 6.59. The third-order valence-corrected chi connectivity index (χ3v) is 3.45. The molecule has 1 amide bonds. The standard InChI is InChI=1S/C13H16N4OS/c14-9-8-12-16-17-13(19-12)15-11(18)7-6-10-4-2-1-3-5-10/h1-5H,6-9,14H2,(H,15,17,18). The number of carbonyl (C=O) groups is 1. The van der Waals surface area contributed by atoms with Gasteiger partial charge in [-0.1, -0.05) is 41.7 Å². The second-order valence-electron chi connectivity index (χ2n) is 4.07. The largest absolute Gasteiger partial charge is 0.330 e. The van der Waals surface area contributed by atoms with E-state index in [2.05, 4.69) is 15.5 Å². The van der Waals surface area contributed by atoms with E-state index in [0.29, 0.717) is 24.5 Å². The zero-order valence-corrected chi connectivity index (χ0v) is 11.3. The molecule has 0 saturated carbocycles. The highest BCUT2D eigenvalue weighted by Crippen LogP contribution is 2.15. The molecule has 0 bridgehead atoms. The van der Waals surface area contributed by atoms with E-state index >= 15 is 0 Å². The summed E-state index contributed by atoms with van der Waals surface area (Å²) >= 11 is 1.37. The monoisotopic (exact) mass is 276 g/mol. The SMILES string of the molecule is NCCc1nnc(NC(=O)CCc2ccccc2)s1. The van der Waals surface area contributed by atoms with E-state index in [1.807, 2.05) is 30.3 Å². The molecule has 0 atom stereocenters. The molecule has 19 heavy (non-hydrogen) atoms. The maximum absolute atomic E-state index is 11.8. The number of hydrogen-bond donors (Lipinski definition) is 2. The number of nitrogens with zero attached hydrogens (tertiary/aromatic N) is 2. The lowest BCUT2D eigenvalue weighted by molar-refractivity contribution is -0.116. The molecular weight excluding hydrogens is 260 g/mol. The number of aryl methyl sites for hydroxylation is 1. The van der Waals surface area contributed by atoms with Crippen LogP contribution in [0.4, 0.5) is 5.13 Å². The Kier molecular flexibility index (Phi) is 5.00. The number of nitrogens with one attached hydrogen (secondary N) is 1. The molecule has 0 fully saturated rings. The molecule has 2 rings (SSSR count). The number of benzene rings is 1. The van der Waals surface area contributed by atoms with Crippen molar-refractivity contribution in [3.8, 4) is 0 Å². The summed E-state index contributed by atoms with van der Waals surface area (Å²) in [7, 11) is 0. The summed E-state index contributed by atoms with van der Waals surface area (Å²) in [6, 6.07) is 9.92. The molecule has 2 aromatic rings. The van der Waals surface area contributed by atoms with Crippen molar-refractivity contribution in [2.24, 2.45) is 5.73 Å². The van der Waals surface area contributed by atoms with E-state index in [1.165, 1.54) is 11.3 Å². The first-order valence-corrected chi connectivity index (χ1v) is 6.96. The number of aromatic nitrogens is 2. The van der Waals surface area contributed by atoms with Gasteiger partial charge in [-0.3, -0.25) is 4.79 Å². The summed E-state index contributed by atoms with van der Waals surface area (Å²) in [5, 5.41) is 12.0. The van der Waals surface area contributed by atoms with Crippen molar-refractivity contribution in [1.29, 1.82) is 0 Å². The zero-order valence-electron chi connectivity index (χ0n) is 10.5. The lowest BCUT2D eigenvalue weighted by atomic mass is 10.1. The quantitative estimate of drug-likeness (QED) is 0.840. The molecule has 0 saturated heterocycles. The molecule has 100 valence electrons. The number of hydrogen-bond acceptors (Lipinski definition) is 5. The van der Waals surface area contributed by atoms with Gasteiger partial charge in [0.15, 0.2) is 0 Å². The Hall–Kier alpha value is -1.79. The lowest BCUT2D eigenvalue weighted by Crippen LogP contribution is -2.12. The van der Waals surface area contributed by atoms with Crippen LogP contribution < -0.4 is 11.1 Å². The molecule has 6 heteroatoms. The highest BCUT2D eigenvalue weighted by atomic mass is 32.1. The van der Waals surface area contributed by atoms with Gasteiger partial charge in [0.2, 0.25) is 11.0 Å². The van der Waals surface area contributed by atoms with Gasteiger partial charge in [-0.15, -0.1) is 10.2 Å². The molecule has 1 aromatic carbocycles. The zero-order chi connectivity index (χ0) is 13.5. The molecule has 5 nitrogen and oxygen atoms in total. The average Bonchev–Trinajstić information content (AvgIpc) is 2.85. The number of anilines is 1. The third-order valence-electron chi connectivity index (χ3n) is 2.55. The highest BCUT2D eigenvalue weighted by molar-refractivity contribution is 7.15. The second kappa shape index (κ2) is 6.96. The van der Waals surface area contributed by atoms with Crippen molar-refractivity contribution >= 4 is 22.4 Å². The molecule has 1 heterocycles. The van der Waals surface area contributed by atoms with Crippen molar-refractivity contribution < 1.29 is 4.79 Å². The van der Waals surface area contributed by atoms with Gasteiger partial charge >= 0.3 is 0 Å². The molecule has 0 aliphatic heterocycles. The van der Waals surface area contributed by atoms with Crippen LogP contribution in [0.5, 0.6) is 0 Å².